The molecule has 2 heterocycles. The molecule has 0 unspecified atom stereocenters. The van der Waals surface area contributed by atoms with Gasteiger partial charge in [0, 0.05) is 22.8 Å². The Morgan fingerprint density at radius 3 is 3.08 bits per heavy atom. The van der Waals surface area contributed by atoms with Gasteiger partial charge in [-0.05, 0) is 28.1 Å². The van der Waals surface area contributed by atoms with E-state index in [1.165, 1.54) is 10.1 Å². The van der Waals surface area contributed by atoms with Crippen molar-refractivity contribution in [2.24, 2.45) is 5.73 Å². The Bertz CT molecular complexity index is 410. The molecule has 0 saturated heterocycles. The van der Waals surface area contributed by atoms with Crippen molar-refractivity contribution >= 4 is 37.4 Å². The first-order valence-electron chi connectivity index (χ1n) is 3.53. The average molecular weight is 243 g/mol. The van der Waals surface area contributed by atoms with Gasteiger partial charge in [0.1, 0.15) is 0 Å². The first-order valence-corrected chi connectivity index (χ1v) is 5.14. The number of halogens is 1. The van der Waals surface area contributed by atoms with Gasteiger partial charge >= 0.3 is 0 Å². The van der Waals surface area contributed by atoms with Gasteiger partial charge in [-0.2, -0.15) is 0 Å². The molecule has 0 atom stereocenters. The molecule has 0 radical (unpaired) electrons. The molecule has 62 valence electrons. The molecule has 0 saturated carbocycles. The van der Waals surface area contributed by atoms with Crippen molar-refractivity contribution in [3.8, 4) is 0 Å². The first kappa shape index (κ1) is 8.16. The maximum absolute atomic E-state index is 5.48. The van der Waals surface area contributed by atoms with E-state index in [4.69, 9.17) is 5.73 Å². The van der Waals surface area contributed by atoms with Gasteiger partial charge in [0.15, 0.2) is 0 Å². The predicted molar refractivity (Wildman–Crippen MR) is 55.2 cm³/mol. The van der Waals surface area contributed by atoms with Crippen LogP contribution in [-0.4, -0.2) is 4.98 Å². The minimum Gasteiger partial charge on any atom is -0.325 e. The monoisotopic (exact) mass is 242 g/mol. The second kappa shape index (κ2) is 3.12. The Hall–Kier alpha value is -0.450. The summed E-state index contributed by atoms with van der Waals surface area (Å²) < 4.78 is 2.37. The topological polar surface area (TPSA) is 38.9 Å². The molecule has 2 rings (SSSR count). The van der Waals surface area contributed by atoms with Crippen LogP contribution in [0.3, 0.4) is 0 Å². The number of nitrogens with zero attached hydrogens (tertiary/aromatic N) is 1. The van der Waals surface area contributed by atoms with Crippen LogP contribution in [0.25, 0.3) is 10.1 Å². The molecule has 0 bridgehead atoms. The van der Waals surface area contributed by atoms with Crippen LogP contribution >= 0.6 is 27.3 Å². The van der Waals surface area contributed by atoms with Crippen molar-refractivity contribution in [1.82, 2.24) is 4.98 Å². The van der Waals surface area contributed by atoms with Gasteiger partial charge in [0.05, 0.1) is 9.48 Å². The third-order valence-corrected chi connectivity index (χ3v) is 3.24. The Kier molecular flexibility index (Phi) is 2.12. The van der Waals surface area contributed by atoms with Gasteiger partial charge in [-0.1, -0.05) is 0 Å². The van der Waals surface area contributed by atoms with E-state index in [-0.39, 0.29) is 0 Å². The summed E-state index contributed by atoms with van der Waals surface area (Å²) in [6.45, 7) is 0.505. The van der Waals surface area contributed by atoms with Crippen LogP contribution in [0.5, 0.6) is 0 Å². The summed E-state index contributed by atoms with van der Waals surface area (Å²) in [6.07, 6.45) is 1.86. The average Bonchev–Trinajstić information content (AvgIpc) is 2.43. The van der Waals surface area contributed by atoms with Gasteiger partial charge in [0.25, 0.3) is 0 Å². The van der Waals surface area contributed by atoms with E-state index in [1.807, 2.05) is 12.3 Å². The largest absolute Gasteiger partial charge is 0.325 e. The fraction of sp³-hybridized carbons (Fsp3) is 0.125. The molecular weight excluding hydrogens is 236 g/mol. The van der Waals surface area contributed by atoms with Gasteiger partial charge in [-0.25, -0.2) is 0 Å². The molecule has 0 amide bonds. The number of pyridine rings is 1. The third kappa shape index (κ3) is 1.37. The zero-order valence-corrected chi connectivity index (χ0v) is 8.65. The van der Waals surface area contributed by atoms with Gasteiger partial charge in [0.2, 0.25) is 0 Å². The normalized spacial score (nSPS) is 10.8. The molecule has 0 aliphatic carbocycles. The Morgan fingerprint density at radius 2 is 2.33 bits per heavy atom. The van der Waals surface area contributed by atoms with Crippen LogP contribution in [0, 0.1) is 0 Å². The molecule has 2 aromatic rings. The van der Waals surface area contributed by atoms with Crippen LogP contribution in [0.15, 0.2) is 22.1 Å². The maximum atomic E-state index is 5.48. The zero-order valence-electron chi connectivity index (χ0n) is 6.25. The quantitative estimate of drug-likeness (QED) is 0.835. The summed E-state index contributed by atoms with van der Waals surface area (Å²) in [4.78, 5) is 4.20. The minimum atomic E-state index is 0.505. The van der Waals surface area contributed by atoms with Crippen molar-refractivity contribution in [2.45, 2.75) is 6.54 Å². The number of fused-ring (bicyclic) bond motifs is 1. The van der Waals surface area contributed by atoms with E-state index in [9.17, 15) is 0 Å². The van der Waals surface area contributed by atoms with Crippen molar-refractivity contribution in [3.63, 3.8) is 0 Å². The van der Waals surface area contributed by atoms with E-state index in [1.54, 1.807) is 11.3 Å². The number of aromatic nitrogens is 1. The Balaban J connectivity index is 2.66. The molecule has 12 heavy (non-hydrogen) atoms. The van der Waals surface area contributed by atoms with Crippen LogP contribution in [0.1, 0.15) is 5.69 Å². The van der Waals surface area contributed by atoms with Crippen molar-refractivity contribution in [3.05, 3.63) is 27.8 Å². The van der Waals surface area contributed by atoms with Crippen molar-refractivity contribution in [2.75, 3.05) is 0 Å². The lowest BCUT2D eigenvalue weighted by Gasteiger charge is -1.93. The SMILES string of the molecule is NCc1cc2sc(Br)cc2cn1. The lowest BCUT2D eigenvalue weighted by atomic mass is 10.3. The van der Waals surface area contributed by atoms with Crippen molar-refractivity contribution in [1.29, 1.82) is 0 Å². The third-order valence-electron chi connectivity index (χ3n) is 1.64. The maximum Gasteiger partial charge on any atom is 0.0711 e. The van der Waals surface area contributed by atoms with E-state index < -0.39 is 0 Å². The summed E-state index contributed by atoms with van der Waals surface area (Å²) in [7, 11) is 0. The highest BCUT2D eigenvalue weighted by Gasteiger charge is 2.00. The van der Waals surface area contributed by atoms with Gasteiger partial charge < -0.3 is 5.73 Å². The van der Waals surface area contributed by atoms with Crippen LogP contribution in [0.4, 0.5) is 0 Å². The number of rotatable bonds is 1. The smallest absolute Gasteiger partial charge is 0.0711 e. The van der Waals surface area contributed by atoms with Crippen LogP contribution in [0.2, 0.25) is 0 Å². The highest BCUT2D eigenvalue weighted by atomic mass is 79.9. The fourth-order valence-electron chi connectivity index (χ4n) is 1.05. The van der Waals surface area contributed by atoms with E-state index in [2.05, 4.69) is 27.0 Å². The van der Waals surface area contributed by atoms with Crippen LogP contribution in [-0.2, 0) is 6.54 Å². The van der Waals surface area contributed by atoms with Gasteiger partial charge in [-0.15, -0.1) is 11.3 Å². The predicted octanol–water partition coefficient (Wildman–Crippen LogP) is 2.52. The second-order valence-electron chi connectivity index (χ2n) is 2.47. The molecule has 2 N–H and O–H groups in total. The Labute approximate surface area is 82.5 Å². The number of hydrogen-bond acceptors (Lipinski definition) is 3. The fourth-order valence-corrected chi connectivity index (χ4v) is 2.64. The second-order valence-corrected chi connectivity index (χ2v) is 4.93. The molecule has 4 heteroatoms. The highest BCUT2D eigenvalue weighted by Crippen LogP contribution is 2.29. The summed E-state index contributed by atoms with van der Waals surface area (Å²) in [5.74, 6) is 0. The van der Waals surface area contributed by atoms with E-state index in [0.717, 1.165) is 9.48 Å². The summed E-state index contributed by atoms with van der Waals surface area (Å²) in [5.41, 5.74) is 6.42. The molecule has 2 aromatic heterocycles. The summed E-state index contributed by atoms with van der Waals surface area (Å²) >= 11 is 5.13. The molecule has 0 aromatic carbocycles. The highest BCUT2D eigenvalue weighted by molar-refractivity contribution is 9.11. The standard InChI is InChI=1S/C8H7BrN2S/c9-8-1-5-4-11-6(3-10)2-7(5)12-8/h1-2,4H,3,10H2. The van der Waals surface area contributed by atoms with Crippen LogP contribution < -0.4 is 5.73 Å². The molecular formula is C8H7BrN2S. The zero-order chi connectivity index (χ0) is 8.55. The van der Waals surface area contributed by atoms with Crippen molar-refractivity contribution < 1.29 is 0 Å². The first-order chi connectivity index (χ1) is 5.79. The molecule has 0 aliphatic rings. The molecule has 0 spiro atoms. The number of nitrogens with two attached hydrogens (primary N) is 1. The van der Waals surface area contributed by atoms with E-state index >= 15 is 0 Å². The Morgan fingerprint density at radius 1 is 1.50 bits per heavy atom. The number of hydrogen-bond donors (Lipinski definition) is 1. The summed E-state index contributed by atoms with van der Waals surface area (Å²) in [6, 6.07) is 4.10. The lowest BCUT2D eigenvalue weighted by molar-refractivity contribution is 0.999. The minimum absolute atomic E-state index is 0.505. The molecule has 0 fully saturated rings. The summed E-state index contributed by atoms with van der Waals surface area (Å²) in [5, 5.41) is 1.17. The number of thiophene rings is 1. The molecule has 0 aliphatic heterocycles. The van der Waals surface area contributed by atoms with E-state index in [0.29, 0.717) is 6.54 Å². The van der Waals surface area contributed by atoms with Gasteiger partial charge in [-0.3, -0.25) is 4.98 Å². The lowest BCUT2D eigenvalue weighted by Crippen LogP contribution is -1.97. The molecule has 2 nitrogen and oxygen atoms in total.